The molecule has 0 aromatic carbocycles. The van der Waals surface area contributed by atoms with Gasteiger partial charge in [-0.05, 0) is 32.3 Å². The monoisotopic (exact) mass is 302 g/mol. The molecule has 1 aromatic rings. The lowest BCUT2D eigenvalue weighted by Crippen LogP contribution is -2.25. The summed E-state index contributed by atoms with van der Waals surface area (Å²) in [6.45, 7) is 3.30. The van der Waals surface area contributed by atoms with Crippen molar-refractivity contribution in [1.29, 1.82) is 0 Å². The van der Waals surface area contributed by atoms with Crippen LogP contribution in [0.2, 0.25) is 0 Å². The summed E-state index contributed by atoms with van der Waals surface area (Å²) in [5, 5.41) is 9.29. The minimum absolute atomic E-state index is 0.143. The fourth-order valence-electron chi connectivity index (χ4n) is 2.07. The van der Waals surface area contributed by atoms with Gasteiger partial charge >= 0.3 is 0 Å². The van der Waals surface area contributed by atoms with Gasteiger partial charge in [0.15, 0.2) is 0 Å². The molecule has 2 N–H and O–H groups in total. The molecule has 0 bridgehead atoms. The van der Waals surface area contributed by atoms with Crippen molar-refractivity contribution in [3.63, 3.8) is 0 Å². The predicted molar refractivity (Wildman–Crippen MR) is 74.9 cm³/mol. The number of aliphatic hydroxyl groups excluding tert-OH is 1. The first-order valence-electron chi connectivity index (χ1n) is 6.97. The van der Waals surface area contributed by atoms with Crippen LogP contribution >= 0.6 is 0 Å². The van der Waals surface area contributed by atoms with Crippen LogP contribution in [0.25, 0.3) is 0 Å². The number of hydrogen-bond acceptors (Lipinski definition) is 4. The molecule has 0 amide bonds. The summed E-state index contributed by atoms with van der Waals surface area (Å²) in [4.78, 5) is 0.227. The zero-order valence-electron chi connectivity index (χ0n) is 11.7. The molecule has 1 aromatic heterocycles. The Bertz CT molecular complexity index is 535. The van der Waals surface area contributed by atoms with E-state index in [1.807, 2.05) is 11.5 Å². The Morgan fingerprint density at radius 1 is 1.50 bits per heavy atom. The quantitative estimate of drug-likeness (QED) is 0.667. The zero-order chi connectivity index (χ0) is 14.6. The van der Waals surface area contributed by atoms with E-state index in [0.717, 1.165) is 12.8 Å². The average molecular weight is 302 g/mol. The summed E-state index contributed by atoms with van der Waals surface area (Å²) in [7, 11) is -3.50. The largest absolute Gasteiger partial charge is 0.390 e. The van der Waals surface area contributed by atoms with Gasteiger partial charge in [0, 0.05) is 37.7 Å². The van der Waals surface area contributed by atoms with Crippen molar-refractivity contribution in [2.75, 3.05) is 19.8 Å². The molecule has 0 saturated heterocycles. The van der Waals surface area contributed by atoms with E-state index in [0.29, 0.717) is 37.9 Å². The third kappa shape index (κ3) is 3.82. The van der Waals surface area contributed by atoms with E-state index in [-0.39, 0.29) is 11.5 Å². The summed E-state index contributed by atoms with van der Waals surface area (Å²) >= 11 is 0. The van der Waals surface area contributed by atoms with Crippen LogP contribution in [0.5, 0.6) is 0 Å². The number of rotatable bonds is 9. The molecule has 20 heavy (non-hydrogen) atoms. The molecule has 1 aliphatic rings. The molecule has 1 aliphatic carbocycles. The Kier molecular flexibility index (Phi) is 5.20. The fraction of sp³-hybridized carbons (Fsp3) is 0.692. The van der Waals surface area contributed by atoms with Crippen molar-refractivity contribution in [2.45, 2.75) is 43.7 Å². The van der Waals surface area contributed by atoms with Gasteiger partial charge in [0.25, 0.3) is 0 Å². The lowest BCUT2D eigenvalue weighted by molar-refractivity contribution is 0.146. The Labute approximate surface area is 119 Å². The number of nitrogens with zero attached hydrogens (tertiary/aromatic N) is 1. The molecule has 0 unspecified atom stereocenters. The molecule has 0 radical (unpaired) electrons. The van der Waals surface area contributed by atoms with E-state index in [1.165, 1.54) is 0 Å². The van der Waals surface area contributed by atoms with Crippen molar-refractivity contribution in [3.8, 4) is 0 Å². The SMILES string of the molecule is CCOCCCNS(=O)(=O)c1cc(CO)n(C2CC2)c1. The number of ether oxygens (including phenoxy) is 1. The number of hydrogen-bond donors (Lipinski definition) is 2. The summed E-state index contributed by atoms with van der Waals surface area (Å²) in [5.41, 5.74) is 0.655. The first-order chi connectivity index (χ1) is 9.58. The van der Waals surface area contributed by atoms with Gasteiger partial charge in [-0.3, -0.25) is 0 Å². The van der Waals surface area contributed by atoms with E-state index >= 15 is 0 Å². The summed E-state index contributed by atoms with van der Waals surface area (Å²) in [6, 6.07) is 1.89. The molecular formula is C13H22N2O4S. The number of sulfonamides is 1. The van der Waals surface area contributed by atoms with Crippen LogP contribution in [-0.2, 0) is 21.4 Å². The minimum atomic E-state index is -3.50. The van der Waals surface area contributed by atoms with Gasteiger partial charge in [0.2, 0.25) is 10.0 Å². The van der Waals surface area contributed by atoms with Crippen LogP contribution in [0.1, 0.15) is 37.9 Å². The highest BCUT2D eigenvalue weighted by Crippen LogP contribution is 2.37. The Morgan fingerprint density at radius 2 is 2.25 bits per heavy atom. The van der Waals surface area contributed by atoms with E-state index in [2.05, 4.69) is 4.72 Å². The lowest BCUT2D eigenvalue weighted by atomic mass is 10.4. The molecule has 114 valence electrons. The van der Waals surface area contributed by atoms with E-state index in [1.54, 1.807) is 12.3 Å². The van der Waals surface area contributed by atoms with Gasteiger partial charge in [-0.2, -0.15) is 0 Å². The van der Waals surface area contributed by atoms with Crippen LogP contribution in [0.3, 0.4) is 0 Å². The molecule has 1 saturated carbocycles. The van der Waals surface area contributed by atoms with Crippen LogP contribution in [0.15, 0.2) is 17.2 Å². The second-order valence-corrected chi connectivity index (χ2v) is 6.68. The standard InChI is InChI=1S/C13H22N2O4S/c1-2-19-7-3-6-14-20(17,18)13-8-12(10-16)15(9-13)11-4-5-11/h8-9,11,14,16H,2-7,10H2,1H3. The first-order valence-corrected chi connectivity index (χ1v) is 8.46. The molecule has 1 heterocycles. The Balaban J connectivity index is 1.98. The van der Waals surface area contributed by atoms with Crippen molar-refractivity contribution in [1.82, 2.24) is 9.29 Å². The maximum Gasteiger partial charge on any atom is 0.242 e. The second kappa shape index (κ2) is 6.71. The highest BCUT2D eigenvalue weighted by atomic mass is 32.2. The topological polar surface area (TPSA) is 80.6 Å². The summed E-state index contributed by atoms with van der Waals surface area (Å²) in [5.74, 6) is 0. The minimum Gasteiger partial charge on any atom is -0.390 e. The predicted octanol–water partition coefficient (Wildman–Crippen LogP) is 1.02. The fourth-order valence-corrected chi connectivity index (χ4v) is 3.19. The lowest BCUT2D eigenvalue weighted by Gasteiger charge is -2.05. The second-order valence-electron chi connectivity index (χ2n) is 4.91. The average Bonchev–Trinajstić information content (AvgIpc) is 3.17. The summed E-state index contributed by atoms with van der Waals surface area (Å²) in [6.07, 6.45) is 4.35. The van der Waals surface area contributed by atoms with Gasteiger partial charge < -0.3 is 14.4 Å². The van der Waals surface area contributed by atoms with Crippen LogP contribution in [-0.4, -0.2) is 37.8 Å². The maximum atomic E-state index is 12.1. The summed E-state index contributed by atoms with van der Waals surface area (Å²) < 4.78 is 33.9. The molecule has 0 aliphatic heterocycles. The molecule has 1 fully saturated rings. The van der Waals surface area contributed by atoms with Gasteiger partial charge in [0.05, 0.1) is 11.5 Å². The number of nitrogens with one attached hydrogen (secondary N) is 1. The zero-order valence-corrected chi connectivity index (χ0v) is 12.5. The number of aliphatic hydroxyl groups is 1. The number of aromatic nitrogens is 1. The Morgan fingerprint density at radius 3 is 2.85 bits per heavy atom. The smallest absolute Gasteiger partial charge is 0.242 e. The maximum absolute atomic E-state index is 12.1. The van der Waals surface area contributed by atoms with Crippen molar-refractivity contribution in [2.24, 2.45) is 0 Å². The third-order valence-corrected chi connectivity index (χ3v) is 4.71. The van der Waals surface area contributed by atoms with Crippen molar-refractivity contribution < 1.29 is 18.3 Å². The molecular weight excluding hydrogens is 280 g/mol. The Hall–Kier alpha value is -0.890. The van der Waals surface area contributed by atoms with Crippen molar-refractivity contribution in [3.05, 3.63) is 18.0 Å². The van der Waals surface area contributed by atoms with Gasteiger partial charge in [-0.1, -0.05) is 0 Å². The van der Waals surface area contributed by atoms with Crippen molar-refractivity contribution >= 4 is 10.0 Å². The van der Waals surface area contributed by atoms with E-state index in [9.17, 15) is 13.5 Å². The van der Waals surface area contributed by atoms with Gasteiger partial charge in [0.1, 0.15) is 0 Å². The van der Waals surface area contributed by atoms with Crippen LogP contribution in [0.4, 0.5) is 0 Å². The molecule has 0 atom stereocenters. The molecule has 6 nitrogen and oxygen atoms in total. The van der Waals surface area contributed by atoms with E-state index in [4.69, 9.17) is 4.74 Å². The molecule has 0 spiro atoms. The third-order valence-electron chi connectivity index (χ3n) is 3.28. The first kappa shape index (κ1) is 15.5. The van der Waals surface area contributed by atoms with Crippen LogP contribution in [0, 0.1) is 0 Å². The normalized spacial score (nSPS) is 15.7. The molecule has 2 rings (SSSR count). The van der Waals surface area contributed by atoms with Gasteiger partial charge in [-0.15, -0.1) is 0 Å². The van der Waals surface area contributed by atoms with Gasteiger partial charge in [-0.25, -0.2) is 13.1 Å². The van der Waals surface area contributed by atoms with Crippen LogP contribution < -0.4 is 4.72 Å². The van der Waals surface area contributed by atoms with E-state index < -0.39 is 10.0 Å². The molecule has 7 heteroatoms. The highest BCUT2D eigenvalue weighted by molar-refractivity contribution is 7.89. The highest BCUT2D eigenvalue weighted by Gasteiger charge is 2.27.